The smallest absolute Gasteiger partial charge is 0.135 e. The van der Waals surface area contributed by atoms with Crippen LogP contribution in [0, 0.1) is 0 Å². The lowest BCUT2D eigenvalue weighted by Crippen LogP contribution is -2.24. The summed E-state index contributed by atoms with van der Waals surface area (Å²) in [7, 11) is 0. The number of benzene rings is 1. The van der Waals surface area contributed by atoms with E-state index >= 15 is 0 Å². The zero-order valence-corrected chi connectivity index (χ0v) is 14.4. The van der Waals surface area contributed by atoms with Crippen molar-refractivity contribution in [3.8, 4) is 0 Å². The maximum atomic E-state index is 6.19. The molecular weight excluding hydrogens is 358 g/mol. The first-order valence-corrected chi connectivity index (χ1v) is 8.71. The van der Waals surface area contributed by atoms with Crippen molar-refractivity contribution in [3.63, 3.8) is 0 Å². The minimum absolute atomic E-state index is 0.167. The van der Waals surface area contributed by atoms with Crippen LogP contribution < -0.4 is 5.32 Å². The summed E-state index contributed by atoms with van der Waals surface area (Å²) in [6.45, 7) is 3.11. The van der Waals surface area contributed by atoms with Gasteiger partial charge in [0.1, 0.15) is 5.76 Å². The van der Waals surface area contributed by atoms with Gasteiger partial charge in [-0.25, -0.2) is 0 Å². The van der Waals surface area contributed by atoms with Gasteiger partial charge in [-0.1, -0.05) is 30.7 Å². The van der Waals surface area contributed by atoms with E-state index in [-0.39, 0.29) is 6.04 Å². The number of hydrogen-bond acceptors (Lipinski definition) is 3. The Bertz CT molecular complexity index is 546. The first-order valence-electron chi connectivity index (χ1n) is 6.56. The summed E-state index contributed by atoms with van der Waals surface area (Å²) in [5.41, 5.74) is 0. The second kappa shape index (κ2) is 8.13. The van der Waals surface area contributed by atoms with Gasteiger partial charge in [0, 0.05) is 10.6 Å². The van der Waals surface area contributed by atoms with E-state index < -0.39 is 0 Å². The number of rotatable bonds is 7. The van der Waals surface area contributed by atoms with Gasteiger partial charge in [-0.2, -0.15) is 0 Å². The molecule has 0 radical (unpaired) electrons. The molecule has 0 aliphatic heterocycles. The van der Waals surface area contributed by atoms with Crippen molar-refractivity contribution in [1.82, 2.24) is 5.32 Å². The quantitative estimate of drug-likeness (QED) is 0.645. The molecule has 2 rings (SSSR count). The SMILES string of the molecule is CCCNC(CSc1ccccc1Cl)c1occc1Br. The molecule has 0 bridgehead atoms. The second-order valence-corrected chi connectivity index (χ2v) is 6.70. The van der Waals surface area contributed by atoms with Crippen LogP contribution in [0.15, 0.2) is 50.4 Å². The molecule has 1 aromatic heterocycles. The van der Waals surface area contributed by atoms with E-state index in [0.29, 0.717) is 0 Å². The average molecular weight is 375 g/mol. The highest BCUT2D eigenvalue weighted by atomic mass is 79.9. The molecule has 0 saturated heterocycles. The zero-order valence-electron chi connectivity index (χ0n) is 11.2. The zero-order chi connectivity index (χ0) is 14.4. The molecule has 0 saturated carbocycles. The lowest BCUT2D eigenvalue weighted by Gasteiger charge is -2.17. The van der Waals surface area contributed by atoms with Crippen molar-refractivity contribution >= 4 is 39.3 Å². The Balaban J connectivity index is 2.05. The van der Waals surface area contributed by atoms with Crippen molar-refractivity contribution in [2.45, 2.75) is 24.3 Å². The molecule has 1 unspecified atom stereocenters. The van der Waals surface area contributed by atoms with Crippen LogP contribution in [0.3, 0.4) is 0 Å². The van der Waals surface area contributed by atoms with E-state index in [1.54, 1.807) is 18.0 Å². The fourth-order valence-electron chi connectivity index (χ4n) is 1.83. The van der Waals surface area contributed by atoms with E-state index in [1.165, 1.54) is 0 Å². The van der Waals surface area contributed by atoms with Gasteiger partial charge in [-0.15, -0.1) is 11.8 Å². The number of thioether (sulfide) groups is 1. The Labute approximate surface area is 137 Å². The summed E-state index contributed by atoms with van der Waals surface area (Å²) in [4.78, 5) is 1.10. The molecule has 2 nitrogen and oxygen atoms in total. The van der Waals surface area contributed by atoms with Crippen LogP contribution in [0.1, 0.15) is 25.1 Å². The summed E-state index contributed by atoms with van der Waals surface area (Å²) in [5, 5.41) is 4.31. The normalized spacial score (nSPS) is 12.6. The van der Waals surface area contributed by atoms with Crippen molar-refractivity contribution in [1.29, 1.82) is 0 Å². The maximum absolute atomic E-state index is 6.19. The van der Waals surface area contributed by atoms with Crippen LogP contribution in [0.25, 0.3) is 0 Å². The monoisotopic (exact) mass is 373 g/mol. The first kappa shape index (κ1) is 16.0. The van der Waals surface area contributed by atoms with Gasteiger partial charge < -0.3 is 9.73 Å². The fourth-order valence-corrected chi connectivity index (χ4v) is 3.61. The summed E-state index contributed by atoms with van der Waals surface area (Å²) in [6, 6.07) is 10.0. The number of nitrogens with one attached hydrogen (secondary N) is 1. The van der Waals surface area contributed by atoms with Gasteiger partial charge in [-0.05, 0) is 47.1 Å². The van der Waals surface area contributed by atoms with Crippen LogP contribution in [-0.4, -0.2) is 12.3 Å². The topological polar surface area (TPSA) is 25.2 Å². The Morgan fingerprint density at radius 1 is 1.35 bits per heavy atom. The lowest BCUT2D eigenvalue weighted by atomic mass is 10.2. The average Bonchev–Trinajstić information content (AvgIpc) is 2.87. The van der Waals surface area contributed by atoms with Crippen LogP contribution in [-0.2, 0) is 0 Å². The predicted molar refractivity (Wildman–Crippen MR) is 89.6 cm³/mol. The molecule has 5 heteroatoms. The Kier molecular flexibility index (Phi) is 6.49. The maximum Gasteiger partial charge on any atom is 0.135 e. The molecule has 0 aliphatic rings. The second-order valence-electron chi connectivity index (χ2n) is 4.38. The molecule has 0 fully saturated rings. The van der Waals surface area contributed by atoms with Gasteiger partial charge in [0.15, 0.2) is 0 Å². The van der Waals surface area contributed by atoms with Crippen molar-refractivity contribution in [2.24, 2.45) is 0 Å². The lowest BCUT2D eigenvalue weighted by molar-refractivity contribution is 0.433. The molecule has 0 spiro atoms. The van der Waals surface area contributed by atoms with Crippen molar-refractivity contribution in [2.75, 3.05) is 12.3 Å². The molecule has 0 aliphatic carbocycles. The molecule has 2 aromatic rings. The standard InChI is InChI=1S/C15H17BrClNOS/c1-2-8-18-13(15-11(16)7-9-19-15)10-20-14-6-4-3-5-12(14)17/h3-7,9,13,18H,2,8,10H2,1H3. The third-order valence-corrected chi connectivity index (χ3v) is 5.11. The minimum atomic E-state index is 0.167. The number of furan rings is 1. The fraction of sp³-hybridized carbons (Fsp3) is 0.333. The van der Waals surface area contributed by atoms with Crippen molar-refractivity contribution in [3.05, 3.63) is 51.9 Å². The Morgan fingerprint density at radius 3 is 2.80 bits per heavy atom. The summed E-state index contributed by atoms with van der Waals surface area (Å²) in [6.07, 6.45) is 2.80. The highest BCUT2D eigenvalue weighted by molar-refractivity contribution is 9.10. The third kappa shape index (κ3) is 4.29. The van der Waals surface area contributed by atoms with Crippen LogP contribution in [0.5, 0.6) is 0 Å². The molecular formula is C15H17BrClNOS. The Morgan fingerprint density at radius 2 is 2.15 bits per heavy atom. The highest BCUT2D eigenvalue weighted by Gasteiger charge is 2.18. The van der Waals surface area contributed by atoms with E-state index in [1.807, 2.05) is 30.3 Å². The summed E-state index contributed by atoms with van der Waals surface area (Å²) in [5.74, 6) is 1.81. The van der Waals surface area contributed by atoms with E-state index in [9.17, 15) is 0 Å². The van der Waals surface area contributed by atoms with Gasteiger partial charge in [0.25, 0.3) is 0 Å². The van der Waals surface area contributed by atoms with Crippen LogP contribution in [0.2, 0.25) is 5.02 Å². The van der Waals surface area contributed by atoms with E-state index in [2.05, 4.69) is 28.2 Å². The van der Waals surface area contributed by atoms with Gasteiger partial charge in [-0.3, -0.25) is 0 Å². The minimum Gasteiger partial charge on any atom is -0.466 e. The number of hydrogen-bond donors (Lipinski definition) is 1. The molecule has 20 heavy (non-hydrogen) atoms. The third-order valence-electron chi connectivity index (χ3n) is 2.84. The molecule has 1 atom stereocenters. The van der Waals surface area contributed by atoms with Crippen LogP contribution >= 0.6 is 39.3 Å². The van der Waals surface area contributed by atoms with Crippen molar-refractivity contribution < 1.29 is 4.42 Å². The van der Waals surface area contributed by atoms with E-state index in [0.717, 1.165) is 38.9 Å². The predicted octanol–water partition coefficient (Wildman–Crippen LogP) is 5.53. The van der Waals surface area contributed by atoms with Gasteiger partial charge in [0.2, 0.25) is 0 Å². The molecule has 1 N–H and O–H groups in total. The molecule has 1 aromatic carbocycles. The van der Waals surface area contributed by atoms with Crippen LogP contribution in [0.4, 0.5) is 0 Å². The molecule has 108 valence electrons. The molecule has 0 amide bonds. The molecule has 1 heterocycles. The Hall–Kier alpha value is -0.420. The number of halogens is 2. The summed E-state index contributed by atoms with van der Waals surface area (Å²) < 4.78 is 6.59. The van der Waals surface area contributed by atoms with Gasteiger partial charge in [0.05, 0.1) is 21.8 Å². The largest absolute Gasteiger partial charge is 0.466 e. The highest BCUT2D eigenvalue weighted by Crippen LogP contribution is 2.32. The van der Waals surface area contributed by atoms with E-state index in [4.69, 9.17) is 16.0 Å². The first-order chi connectivity index (χ1) is 9.72. The summed E-state index contributed by atoms with van der Waals surface area (Å²) >= 11 is 11.5. The van der Waals surface area contributed by atoms with Gasteiger partial charge >= 0.3 is 0 Å².